The molecule has 3 rings (SSSR count). The van der Waals surface area contributed by atoms with Gasteiger partial charge in [-0.15, -0.1) is 10.2 Å². The molecule has 0 unspecified atom stereocenters. The first-order valence-electron chi connectivity index (χ1n) is 8.47. The van der Waals surface area contributed by atoms with Crippen molar-refractivity contribution in [2.24, 2.45) is 0 Å². The summed E-state index contributed by atoms with van der Waals surface area (Å²) >= 11 is 0. The molecule has 0 atom stereocenters. The number of fused-ring (bicyclic) bond motifs is 1. The summed E-state index contributed by atoms with van der Waals surface area (Å²) in [5, 5.41) is 11.7. The first-order chi connectivity index (χ1) is 12.6. The summed E-state index contributed by atoms with van der Waals surface area (Å²) in [5.41, 5.74) is 0.813. The van der Waals surface area contributed by atoms with E-state index in [0.29, 0.717) is 23.6 Å². The Kier molecular flexibility index (Phi) is 5.35. The number of amides is 2. The molecular formula is C17H19N5O4. The first-order valence-corrected chi connectivity index (χ1v) is 8.47. The van der Waals surface area contributed by atoms with Crippen molar-refractivity contribution >= 4 is 17.8 Å². The fourth-order valence-electron chi connectivity index (χ4n) is 2.59. The number of benzene rings is 1. The largest absolute Gasteiger partial charge is 0.464 e. The molecule has 1 aliphatic heterocycles. The van der Waals surface area contributed by atoms with Crippen LogP contribution in [0.4, 0.5) is 0 Å². The average Bonchev–Trinajstić information content (AvgIpc) is 3.17. The van der Waals surface area contributed by atoms with Crippen LogP contribution in [0.15, 0.2) is 24.3 Å². The molecule has 0 saturated carbocycles. The molecule has 0 saturated heterocycles. The SMILES string of the molecule is CCCCOC(=O)Cn1nnc(CCN2C(=O)c3ccccc3C2=O)n1. The van der Waals surface area contributed by atoms with Gasteiger partial charge in [-0.05, 0) is 23.8 Å². The number of tetrazole rings is 1. The normalized spacial score (nSPS) is 13.2. The Morgan fingerprint density at radius 3 is 2.50 bits per heavy atom. The van der Waals surface area contributed by atoms with E-state index in [1.165, 1.54) is 4.90 Å². The van der Waals surface area contributed by atoms with E-state index in [4.69, 9.17) is 4.74 Å². The van der Waals surface area contributed by atoms with E-state index in [2.05, 4.69) is 15.4 Å². The van der Waals surface area contributed by atoms with Gasteiger partial charge in [0.15, 0.2) is 12.4 Å². The van der Waals surface area contributed by atoms with Gasteiger partial charge in [-0.25, -0.2) is 4.79 Å². The Morgan fingerprint density at radius 1 is 1.15 bits per heavy atom. The zero-order valence-corrected chi connectivity index (χ0v) is 14.4. The highest BCUT2D eigenvalue weighted by atomic mass is 16.5. The van der Waals surface area contributed by atoms with Crippen molar-refractivity contribution in [1.29, 1.82) is 0 Å². The minimum absolute atomic E-state index is 0.121. The fraction of sp³-hybridized carbons (Fsp3) is 0.412. The van der Waals surface area contributed by atoms with Crippen LogP contribution in [0.2, 0.25) is 0 Å². The van der Waals surface area contributed by atoms with E-state index < -0.39 is 5.97 Å². The highest BCUT2D eigenvalue weighted by molar-refractivity contribution is 6.21. The van der Waals surface area contributed by atoms with Crippen LogP contribution in [0.5, 0.6) is 0 Å². The minimum Gasteiger partial charge on any atom is -0.464 e. The van der Waals surface area contributed by atoms with Gasteiger partial charge in [-0.3, -0.25) is 14.5 Å². The van der Waals surface area contributed by atoms with Gasteiger partial charge in [0.2, 0.25) is 0 Å². The average molecular weight is 357 g/mol. The van der Waals surface area contributed by atoms with Crippen LogP contribution >= 0.6 is 0 Å². The number of imide groups is 1. The number of unbranched alkanes of at least 4 members (excludes halogenated alkanes) is 1. The molecule has 1 aromatic carbocycles. The van der Waals surface area contributed by atoms with Crippen molar-refractivity contribution in [3.8, 4) is 0 Å². The summed E-state index contributed by atoms with van der Waals surface area (Å²) in [7, 11) is 0. The van der Waals surface area contributed by atoms with Crippen molar-refractivity contribution in [3.63, 3.8) is 0 Å². The van der Waals surface area contributed by atoms with E-state index in [1.54, 1.807) is 24.3 Å². The summed E-state index contributed by atoms with van der Waals surface area (Å²) < 4.78 is 5.04. The lowest BCUT2D eigenvalue weighted by atomic mass is 10.1. The third-order valence-electron chi connectivity index (χ3n) is 3.96. The van der Waals surface area contributed by atoms with Crippen molar-refractivity contribution in [2.75, 3.05) is 13.2 Å². The summed E-state index contributed by atoms with van der Waals surface area (Å²) in [6.07, 6.45) is 2.01. The number of nitrogens with zero attached hydrogens (tertiary/aromatic N) is 5. The molecule has 136 valence electrons. The second kappa shape index (κ2) is 7.85. The number of esters is 1. The molecule has 26 heavy (non-hydrogen) atoms. The third-order valence-corrected chi connectivity index (χ3v) is 3.96. The molecule has 1 aromatic heterocycles. The Balaban J connectivity index is 1.53. The standard InChI is InChI=1S/C17H19N5O4/c1-2-3-10-26-15(23)11-22-19-14(18-20-22)8-9-21-16(24)12-6-4-5-7-13(12)17(21)25/h4-7H,2-3,8-11H2,1H3. The molecular weight excluding hydrogens is 338 g/mol. The summed E-state index contributed by atoms with van der Waals surface area (Å²) in [6, 6.07) is 6.71. The molecule has 0 radical (unpaired) electrons. The second-order valence-corrected chi connectivity index (χ2v) is 5.87. The lowest BCUT2D eigenvalue weighted by molar-refractivity contribution is -0.145. The molecule has 2 heterocycles. The predicted octanol–water partition coefficient (Wildman–Crippen LogP) is 0.855. The monoisotopic (exact) mass is 357 g/mol. The molecule has 0 fully saturated rings. The third kappa shape index (κ3) is 3.76. The Hall–Kier alpha value is -3.10. The van der Waals surface area contributed by atoms with Crippen LogP contribution in [-0.4, -0.2) is 56.0 Å². The van der Waals surface area contributed by atoms with Gasteiger partial charge in [0.1, 0.15) is 0 Å². The van der Waals surface area contributed by atoms with Gasteiger partial charge >= 0.3 is 5.97 Å². The number of hydrogen-bond donors (Lipinski definition) is 0. The van der Waals surface area contributed by atoms with Crippen LogP contribution < -0.4 is 0 Å². The zero-order valence-electron chi connectivity index (χ0n) is 14.4. The fourth-order valence-corrected chi connectivity index (χ4v) is 2.59. The molecule has 0 spiro atoms. The van der Waals surface area contributed by atoms with E-state index in [-0.39, 0.29) is 31.3 Å². The number of carbonyl (C=O) groups is 3. The van der Waals surface area contributed by atoms with Crippen molar-refractivity contribution < 1.29 is 19.1 Å². The Labute approximate surface area is 149 Å². The number of carbonyl (C=O) groups excluding carboxylic acids is 3. The molecule has 2 amide bonds. The number of aromatic nitrogens is 4. The molecule has 2 aromatic rings. The zero-order chi connectivity index (χ0) is 18.5. The molecule has 0 aliphatic carbocycles. The van der Waals surface area contributed by atoms with Crippen LogP contribution in [0.25, 0.3) is 0 Å². The van der Waals surface area contributed by atoms with E-state index in [9.17, 15) is 14.4 Å². The van der Waals surface area contributed by atoms with Crippen LogP contribution in [-0.2, 0) is 22.5 Å². The van der Waals surface area contributed by atoms with Gasteiger partial charge in [0.25, 0.3) is 11.8 Å². The molecule has 0 bridgehead atoms. The van der Waals surface area contributed by atoms with Gasteiger partial charge < -0.3 is 4.74 Å². The van der Waals surface area contributed by atoms with Crippen LogP contribution in [0.3, 0.4) is 0 Å². The number of ether oxygens (including phenoxy) is 1. The molecule has 1 aliphatic rings. The smallest absolute Gasteiger partial charge is 0.329 e. The van der Waals surface area contributed by atoms with Gasteiger partial charge in [0.05, 0.1) is 17.7 Å². The highest BCUT2D eigenvalue weighted by Crippen LogP contribution is 2.22. The maximum absolute atomic E-state index is 12.3. The number of rotatable bonds is 8. The lowest BCUT2D eigenvalue weighted by Gasteiger charge is -2.11. The highest BCUT2D eigenvalue weighted by Gasteiger charge is 2.34. The Morgan fingerprint density at radius 2 is 1.85 bits per heavy atom. The minimum atomic E-state index is -0.428. The van der Waals surface area contributed by atoms with Gasteiger partial charge in [0, 0.05) is 13.0 Å². The summed E-state index contributed by atoms with van der Waals surface area (Å²) in [6.45, 7) is 2.41. The molecule has 9 heteroatoms. The number of hydrogen-bond acceptors (Lipinski definition) is 7. The molecule has 9 nitrogen and oxygen atoms in total. The second-order valence-electron chi connectivity index (χ2n) is 5.87. The lowest BCUT2D eigenvalue weighted by Crippen LogP contribution is -2.32. The summed E-state index contributed by atoms with van der Waals surface area (Å²) in [4.78, 5) is 38.5. The maximum atomic E-state index is 12.3. The van der Waals surface area contributed by atoms with E-state index in [0.717, 1.165) is 17.6 Å². The summed E-state index contributed by atoms with van der Waals surface area (Å²) in [5.74, 6) is -0.722. The van der Waals surface area contributed by atoms with Crippen LogP contribution in [0, 0.1) is 0 Å². The Bertz CT molecular complexity index is 797. The predicted molar refractivity (Wildman–Crippen MR) is 89.2 cm³/mol. The first kappa shape index (κ1) is 17.7. The van der Waals surface area contributed by atoms with E-state index >= 15 is 0 Å². The van der Waals surface area contributed by atoms with E-state index in [1.807, 2.05) is 6.92 Å². The quantitative estimate of drug-likeness (QED) is 0.392. The van der Waals surface area contributed by atoms with Gasteiger partial charge in [-0.1, -0.05) is 25.5 Å². The molecule has 0 N–H and O–H groups in total. The maximum Gasteiger partial charge on any atom is 0.329 e. The van der Waals surface area contributed by atoms with Gasteiger partial charge in [-0.2, -0.15) is 4.80 Å². The van der Waals surface area contributed by atoms with Crippen LogP contribution in [0.1, 0.15) is 46.3 Å². The van der Waals surface area contributed by atoms with Crippen molar-refractivity contribution in [2.45, 2.75) is 32.7 Å². The topological polar surface area (TPSA) is 107 Å². The van der Waals surface area contributed by atoms with Crippen molar-refractivity contribution in [1.82, 2.24) is 25.1 Å². The van der Waals surface area contributed by atoms with Crippen molar-refractivity contribution in [3.05, 3.63) is 41.2 Å².